The number of carbonyl (C=O) groups excluding carboxylic acids is 2. The predicted octanol–water partition coefficient (Wildman–Crippen LogP) is 1.75. The minimum atomic E-state index is -0.350. The van der Waals surface area contributed by atoms with Crippen molar-refractivity contribution in [2.75, 3.05) is 11.9 Å². The summed E-state index contributed by atoms with van der Waals surface area (Å²) in [4.78, 5) is 25.7. The third kappa shape index (κ3) is 2.80. The first-order valence-corrected chi connectivity index (χ1v) is 6.62. The highest BCUT2D eigenvalue weighted by atomic mass is 16.2. The number of rotatable bonds is 3. The first-order valence-electron chi connectivity index (χ1n) is 6.62. The lowest BCUT2D eigenvalue weighted by Crippen LogP contribution is -2.33. The Balaban J connectivity index is 2.07. The van der Waals surface area contributed by atoms with Crippen LogP contribution in [0.15, 0.2) is 24.3 Å². The maximum atomic E-state index is 12.2. The zero-order valence-electron chi connectivity index (χ0n) is 11.6. The molecule has 0 saturated carbocycles. The summed E-state index contributed by atoms with van der Waals surface area (Å²) >= 11 is 0. The van der Waals surface area contributed by atoms with E-state index in [-0.39, 0.29) is 30.2 Å². The molecule has 1 saturated heterocycles. The molecule has 0 unspecified atom stereocenters. The Hall–Kier alpha value is -2.35. The first-order chi connectivity index (χ1) is 9.52. The Kier molecular flexibility index (Phi) is 4.04. The lowest BCUT2D eigenvalue weighted by molar-refractivity contribution is -0.129. The molecule has 2 rings (SSSR count). The van der Waals surface area contributed by atoms with Crippen LogP contribution in [0.5, 0.6) is 0 Å². The minimum Gasteiger partial charge on any atom is -0.339 e. The van der Waals surface area contributed by atoms with E-state index in [1.165, 1.54) is 0 Å². The highest BCUT2D eigenvalue weighted by Gasteiger charge is 2.35. The van der Waals surface area contributed by atoms with Crippen LogP contribution in [0.25, 0.3) is 0 Å². The average Bonchev–Trinajstić information content (AvgIpc) is 2.81. The molecule has 1 N–H and O–H groups in total. The number of amides is 2. The van der Waals surface area contributed by atoms with E-state index in [9.17, 15) is 9.59 Å². The van der Waals surface area contributed by atoms with Crippen molar-refractivity contribution in [3.63, 3.8) is 0 Å². The van der Waals surface area contributed by atoms with Gasteiger partial charge in [0.1, 0.15) is 6.07 Å². The molecule has 1 aliphatic heterocycles. The number of nitrogens with zero attached hydrogens (tertiary/aromatic N) is 2. The van der Waals surface area contributed by atoms with Crippen molar-refractivity contribution in [3.8, 4) is 6.07 Å². The van der Waals surface area contributed by atoms with Gasteiger partial charge in [0, 0.05) is 19.0 Å². The van der Waals surface area contributed by atoms with Gasteiger partial charge >= 0.3 is 0 Å². The monoisotopic (exact) mass is 271 g/mol. The fraction of sp³-hybridized carbons (Fsp3) is 0.400. The molecule has 104 valence electrons. The van der Waals surface area contributed by atoms with Gasteiger partial charge in [0.05, 0.1) is 17.2 Å². The van der Waals surface area contributed by atoms with Gasteiger partial charge in [-0.15, -0.1) is 0 Å². The van der Waals surface area contributed by atoms with Crippen LogP contribution in [0.1, 0.15) is 25.8 Å². The van der Waals surface area contributed by atoms with E-state index in [2.05, 4.69) is 5.32 Å². The topological polar surface area (TPSA) is 73.2 Å². The summed E-state index contributed by atoms with van der Waals surface area (Å²) in [6.07, 6.45) is 0.235. The zero-order chi connectivity index (χ0) is 14.7. The highest BCUT2D eigenvalue weighted by molar-refractivity contribution is 5.98. The standard InChI is InChI=1S/C15H17N3O2/c1-10(2)18-9-12(7-14(18)19)15(20)17-13-6-4-3-5-11(13)8-16/h3-6,10,12H,7,9H2,1-2H3,(H,17,20)/t12-/m1/s1. The van der Waals surface area contributed by atoms with E-state index >= 15 is 0 Å². The Morgan fingerprint density at radius 2 is 2.15 bits per heavy atom. The smallest absolute Gasteiger partial charge is 0.229 e. The van der Waals surface area contributed by atoms with Crippen LogP contribution >= 0.6 is 0 Å². The Bertz CT molecular complexity index is 575. The second-order valence-corrected chi connectivity index (χ2v) is 5.19. The predicted molar refractivity (Wildman–Crippen MR) is 74.7 cm³/mol. The number of para-hydroxylation sites is 1. The summed E-state index contributed by atoms with van der Waals surface area (Å²) in [5, 5.41) is 11.7. The Labute approximate surface area is 118 Å². The van der Waals surface area contributed by atoms with Gasteiger partial charge in [0.2, 0.25) is 11.8 Å². The van der Waals surface area contributed by atoms with Crippen molar-refractivity contribution in [2.45, 2.75) is 26.3 Å². The quantitative estimate of drug-likeness (QED) is 0.910. The van der Waals surface area contributed by atoms with Crippen LogP contribution in [-0.2, 0) is 9.59 Å². The molecule has 1 aliphatic rings. The molecule has 1 atom stereocenters. The molecule has 1 heterocycles. The van der Waals surface area contributed by atoms with E-state index in [1.54, 1.807) is 29.2 Å². The van der Waals surface area contributed by atoms with E-state index < -0.39 is 0 Å². The van der Waals surface area contributed by atoms with Gasteiger partial charge in [-0.3, -0.25) is 9.59 Å². The second-order valence-electron chi connectivity index (χ2n) is 5.19. The molecular weight excluding hydrogens is 254 g/mol. The molecule has 5 heteroatoms. The van der Waals surface area contributed by atoms with Gasteiger partial charge in [-0.05, 0) is 26.0 Å². The molecule has 0 bridgehead atoms. The maximum absolute atomic E-state index is 12.2. The summed E-state index contributed by atoms with van der Waals surface area (Å²) in [7, 11) is 0. The van der Waals surface area contributed by atoms with Crippen molar-refractivity contribution < 1.29 is 9.59 Å². The van der Waals surface area contributed by atoms with E-state index in [4.69, 9.17) is 5.26 Å². The largest absolute Gasteiger partial charge is 0.339 e. The lowest BCUT2D eigenvalue weighted by Gasteiger charge is -2.20. The van der Waals surface area contributed by atoms with Crippen molar-refractivity contribution >= 4 is 17.5 Å². The third-order valence-electron chi connectivity index (χ3n) is 3.46. The fourth-order valence-corrected chi connectivity index (χ4v) is 2.33. The summed E-state index contributed by atoms with van der Waals surface area (Å²) in [6.45, 7) is 4.31. The lowest BCUT2D eigenvalue weighted by atomic mass is 10.1. The van der Waals surface area contributed by atoms with E-state index in [0.29, 0.717) is 17.8 Å². The summed E-state index contributed by atoms with van der Waals surface area (Å²) in [5.41, 5.74) is 0.918. The molecule has 0 aromatic heterocycles. The molecule has 1 aromatic carbocycles. The van der Waals surface area contributed by atoms with E-state index in [0.717, 1.165) is 0 Å². The Morgan fingerprint density at radius 3 is 2.75 bits per heavy atom. The maximum Gasteiger partial charge on any atom is 0.229 e. The fourth-order valence-electron chi connectivity index (χ4n) is 2.33. The number of hydrogen-bond donors (Lipinski definition) is 1. The number of likely N-dealkylation sites (tertiary alicyclic amines) is 1. The molecule has 5 nitrogen and oxygen atoms in total. The summed E-state index contributed by atoms with van der Waals surface area (Å²) in [5.74, 6) is -0.547. The van der Waals surface area contributed by atoms with Crippen molar-refractivity contribution in [1.82, 2.24) is 4.90 Å². The number of benzene rings is 1. The second kappa shape index (κ2) is 5.74. The third-order valence-corrected chi connectivity index (χ3v) is 3.46. The Morgan fingerprint density at radius 1 is 1.45 bits per heavy atom. The minimum absolute atomic E-state index is 0.00807. The molecule has 0 radical (unpaired) electrons. The van der Waals surface area contributed by atoms with Gasteiger partial charge in [-0.1, -0.05) is 12.1 Å². The van der Waals surface area contributed by atoms with Crippen LogP contribution in [0.3, 0.4) is 0 Å². The molecule has 0 aliphatic carbocycles. The molecule has 0 spiro atoms. The van der Waals surface area contributed by atoms with Crippen molar-refractivity contribution in [1.29, 1.82) is 5.26 Å². The zero-order valence-corrected chi connectivity index (χ0v) is 11.6. The van der Waals surface area contributed by atoms with Crippen LogP contribution in [0.4, 0.5) is 5.69 Å². The van der Waals surface area contributed by atoms with Crippen LogP contribution in [0.2, 0.25) is 0 Å². The van der Waals surface area contributed by atoms with Crippen LogP contribution in [0, 0.1) is 17.2 Å². The molecule has 20 heavy (non-hydrogen) atoms. The number of anilines is 1. The number of carbonyl (C=O) groups is 2. The number of nitriles is 1. The van der Waals surface area contributed by atoms with Crippen molar-refractivity contribution in [3.05, 3.63) is 29.8 Å². The van der Waals surface area contributed by atoms with E-state index in [1.807, 2.05) is 19.9 Å². The number of nitrogens with one attached hydrogen (secondary N) is 1. The first kappa shape index (κ1) is 14.1. The highest BCUT2D eigenvalue weighted by Crippen LogP contribution is 2.22. The SMILES string of the molecule is CC(C)N1C[C@H](C(=O)Nc2ccccc2C#N)CC1=O. The summed E-state index contributed by atoms with van der Waals surface area (Å²) in [6, 6.07) is 8.98. The average molecular weight is 271 g/mol. The van der Waals surface area contributed by atoms with Crippen LogP contribution in [-0.4, -0.2) is 29.3 Å². The van der Waals surface area contributed by atoms with Gasteiger partial charge in [-0.25, -0.2) is 0 Å². The van der Waals surface area contributed by atoms with Gasteiger partial charge in [0.15, 0.2) is 0 Å². The molecule has 2 amide bonds. The summed E-state index contributed by atoms with van der Waals surface area (Å²) < 4.78 is 0. The van der Waals surface area contributed by atoms with Crippen molar-refractivity contribution in [2.24, 2.45) is 5.92 Å². The number of hydrogen-bond acceptors (Lipinski definition) is 3. The van der Waals surface area contributed by atoms with Crippen LogP contribution < -0.4 is 5.32 Å². The normalized spacial score (nSPS) is 18.2. The van der Waals surface area contributed by atoms with Gasteiger partial charge < -0.3 is 10.2 Å². The molecule has 1 fully saturated rings. The molecular formula is C15H17N3O2. The van der Waals surface area contributed by atoms with Gasteiger partial charge in [-0.2, -0.15) is 5.26 Å². The van der Waals surface area contributed by atoms with Gasteiger partial charge in [0.25, 0.3) is 0 Å². The molecule has 1 aromatic rings.